The molecule has 0 bridgehead atoms. The zero-order valence-corrected chi connectivity index (χ0v) is 30.3. The van der Waals surface area contributed by atoms with Crippen LogP contribution in [0.1, 0.15) is 46.7 Å². The Labute approximate surface area is 319 Å². The molecule has 54 heavy (non-hydrogen) atoms. The minimum absolute atomic E-state index is 0.156. The highest BCUT2D eigenvalue weighted by Crippen LogP contribution is 2.57. The molecule has 2 nitrogen and oxygen atoms in total. The van der Waals surface area contributed by atoms with Crippen LogP contribution in [0, 0.1) is 24.7 Å². The first-order valence-corrected chi connectivity index (χ1v) is 18.4. The normalized spacial score (nSPS) is 14.6. The molecular formula is C52H40O2. The molecule has 2 aliphatic carbocycles. The van der Waals surface area contributed by atoms with E-state index in [0.29, 0.717) is 6.42 Å². The van der Waals surface area contributed by atoms with Crippen molar-refractivity contribution in [2.75, 3.05) is 13.2 Å². The van der Waals surface area contributed by atoms with Crippen molar-refractivity contribution in [3.63, 3.8) is 0 Å². The number of fused-ring (bicyclic) bond motifs is 6. The van der Waals surface area contributed by atoms with Crippen molar-refractivity contribution in [1.29, 1.82) is 0 Å². The first-order chi connectivity index (χ1) is 26.7. The molecule has 6 aromatic carbocycles. The summed E-state index contributed by atoms with van der Waals surface area (Å²) in [5.41, 5.74) is 12.4. The fourth-order valence-corrected chi connectivity index (χ4v) is 8.81. The Balaban J connectivity index is 1.27. The lowest BCUT2D eigenvalue weighted by molar-refractivity contribution is 0.265. The second-order valence-corrected chi connectivity index (χ2v) is 13.6. The van der Waals surface area contributed by atoms with Crippen LogP contribution in [0.2, 0.25) is 0 Å². The second kappa shape index (κ2) is 14.7. The average Bonchev–Trinajstić information content (AvgIpc) is 3.70. The van der Waals surface area contributed by atoms with Crippen molar-refractivity contribution in [3.05, 3.63) is 221 Å². The Kier molecular flexibility index (Phi) is 9.36. The van der Waals surface area contributed by atoms with E-state index in [2.05, 4.69) is 183 Å². The third-order valence-electron chi connectivity index (χ3n) is 11.0. The van der Waals surface area contributed by atoms with E-state index >= 15 is 0 Å². The lowest BCUT2D eigenvalue weighted by atomic mass is 9.67. The van der Waals surface area contributed by atoms with Gasteiger partial charge in [-0.2, -0.15) is 0 Å². The Morgan fingerprint density at radius 1 is 0.556 bits per heavy atom. The molecule has 0 fully saturated rings. The fraction of sp³-hybridized carbons (Fsp3) is 0.115. The topological polar surface area (TPSA) is 18.5 Å². The van der Waals surface area contributed by atoms with Crippen molar-refractivity contribution in [2.45, 2.75) is 24.2 Å². The molecule has 0 spiro atoms. The zero-order chi connectivity index (χ0) is 37.0. The van der Waals surface area contributed by atoms with Crippen LogP contribution in [0.4, 0.5) is 0 Å². The summed E-state index contributed by atoms with van der Waals surface area (Å²) in [6.07, 6.45) is 20.7. The van der Waals surface area contributed by atoms with Gasteiger partial charge in [0.1, 0.15) is 24.7 Å². The van der Waals surface area contributed by atoms with E-state index in [1.165, 1.54) is 50.1 Å². The van der Waals surface area contributed by atoms with Gasteiger partial charge in [-0.1, -0.05) is 164 Å². The number of rotatable bonds is 11. The Morgan fingerprint density at radius 2 is 1.06 bits per heavy atom. The number of hydrogen-bond donors (Lipinski definition) is 0. The van der Waals surface area contributed by atoms with E-state index in [4.69, 9.17) is 22.3 Å². The number of benzene rings is 6. The smallest absolute Gasteiger partial charge is 0.148 e. The molecule has 0 aromatic heterocycles. The molecule has 0 saturated heterocycles. The molecule has 0 N–H and O–H groups in total. The third-order valence-corrected chi connectivity index (χ3v) is 11.0. The standard InChI is InChI=1S/C52H40O2/c1-4-36-53-41-32-29-40(30-33-41)52(49-26-16-12-22-45(49)46-23-13-17-27-50(46)52)38(6-3)28-31-42(54-37-5-2)34-35-51(39-18-8-7-9-19-39)47-24-14-10-20-43(47)44-21-11-15-25-48(44)51/h1-2,6-34H,35-37H2,3H3/b31-28-,38-6+,42-34+. The van der Waals surface area contributed by atoms with Gasteiger partial charge >= 0.3 is 0 Å². The molecule has 2 heteroatoms. The first kappa shape index (κ1) is 34.4. The van der Waals surface area contributed by atoms with E-state index in [0.717, 1.165) is 22.6 Å². The molecule has 8 rings (SSSR count). The molecule has 0 unspecified atom stereocenters. The maximum Gasteiger partial charge on any atom is 0.148 e. The van der Waals surface area contributed by atoms with Crippen LogP contribution >= 0.6 is 0 Å². The predicted octanol–water partition coefficient (Wildman–Crippen LogP) is 11.5. The van der Waals surface area contributed by atoms with Gasteiger partial charge in [0.25, 0.3) is 0 Å². The van der Waals surface area contributed by atoms with Crippen LogP contribution in [0.25, 0.3) is 22.3 Å². The van der Waals surface area contributed by atoms with Gasteiger partial charge in [-0.3, -0.25) is 0 Å². The maximum atomic E-state index is 6.37. The van der Waals surface area contributed by atoms with Crippen LogP contribution in [-0.2, 0) is 15.6 Å². The highest BCUT2D eigenvalue weighted by molar-refractivity contribution is 5.87. The average molecular weight is 697 g/mol. The summed E-state index contributed by atoms with van der Waals surface area (Å²) < 4.78 is 12.2. The van der Waals surface area contributed by atoms with E-state index in [-0.39, 0.29) is 13.2 Å². The van der Waals surface area contributed by atoms with Crippen LogP contribution in [0.15, 0.2) is 187 Å². The van der Waals surface area contributed by atoms with Gasteiger partial charge in [0, 0.05) is 5.41 Å². The molecule has 0 atom stereocenters. The summed E-state index contributed by atoms with van der Waals surface area (Å²) >= 11 is 0. The van der Waals surface area contributed by atoms with Crippen molar-refractivity contribution in [3.8, 4) is 52.7 Å². The summed E-state index contributed by atoms with van der Waals surface area (Å²) in [7, 11) is 0. The molecule has 0 radical (unpaired) electrons. The number of terminal acetylenes is 2. The maximum absolute atomic E-state index is 6.37. The van der Waals surface area contributed by atoms with Crippen molar-refractivity contribution in [1.82, 2.24) is 0 Å². The van der Waals surface area contributed by atoms with E-state index < -0.39 is 10.8 Å². The van der Waals surface area contributed by atoms with Crippen molar-refractivity contribution < 1.29 is 9.47 Å². The van der Waals surface area contributed by atoms with E-state index in [9.17, 15) is 0 Å². The SMILES string of the molecule is C#CCOC(/C=C\C(=C/C)C1(c2ccc(OCC#C)cc2)c2ccccc2-c2ccccc21)=C/CC1(c2ccccc2)c2ccccc2-c2ccccc21. The summed E-state index contributed by atoms with van der Waals surface area (Å²) in [6.45, 7) is 2.48. The minimum atomic E-state index is -0.602. The largest absolute Gasteiger partial charge is 0.481 e. The fourth-order valence-electron chi connectivity index (χ4n) is 8.81. The first-order valence-electron chi connectivity index (χ1n) is 18.4. The predicted molar refractivity (Wildman–Crippen MR) is 221 cm³/mol. The Hall–Kier alpha value is -6.74. The third kappa shape index (κ3) is 5.56. The number of allylic oxidation sites excluding steroid dienone is 5. The molecule has 260 valence electrons. The van der Waals surface area contributed by atoms with Gasteiger partial charge in [0.15, 0.2) is 0 Å². The van der Waals surface area contributed by atoms with Crippen molar-refractivity contribution >= 4 is 0 Å². The summed E-state index contributed by atoms with van der Waals surface area (Å²) in [4.78, 5) is 0. The van der Waals surface area contributed by atoms with E-state index in [1.54, 1.807) is 0 Å². The van der Waals surface area contributed by atoms with Gasteiger partial charge in [-0.05, 0) is 98.8 Å². The zero-order valence-electron chi connectivity index (χ0n) is 30.3. The molecule has 0 saturated carbocycles. The van der Waals surface area contributed by atoms with Crippen LogP contribution < -0.4 is 4.74 Å². The van der Waals surface area contributed by atoms with Gasteiger partial charge in [-0.25, -0.2) is 0 Å². The quantitative estimate of drug-likeness (QED) is 0.0763. The monoisotopic (exact) mass is 696 g/mol. The lowest BCUT2D eigenvalue weighted by Crippen LogP contribution is -2.29. The highest BCUT2D eigenvalue weighted by Gasteiger charge is 2.47. The second-order valence-electron chi connectivity index (χ2n) is 13.6. The molecule has 6 aromatic rings. The van der Waals surface area contributed by atoms with Crippen LogP contribution in [0.3, 0.4) is 0 Å². The van der Waals surface area contributed by atoms with Gasteiger partial charge < -0.3 is 9.47 Å². The van der Waals surface area contributed by atoms with Gasteiger partial charge in [0.2, 0.25) is 0 Å². The summed E-state index contributed by atoms with van der Waals surface area (Å²) in [6, 6.07) is 54.1. The summed E-state index contributed by atoms with van der Waals surface area (Å²) in [5.74, 6) is 6.72. The molecular weight excluding hydrogens is 657 g/mol. The van der Waals surface area contributed by atoms with Crippen LogP contribution in [-0.4, -0.2) is 13.2 Å². The summed E-state index contributed by atoms with van der Waals surface area (Å²) in [5, 5.41) is 0. The highest BCUT2D eigenvalue weighted by atomic mass is 16.5. The number of ether oxygens (including phenoxy) is 2. The number of hydrogen-bond acceptors (Lipinski definition) is 2. The molecule has 2 aliphatic rings. The van der Waals surface area contributed by atoms with Crippen molar-refractivity contribution in [2.24, 2.45) is 0 Å². The Bertz CT molecular complexity index is 2410. The molecule has 0 aliphatic heterocycles. The van der Waals surface area contributed by atoms with E-state index in [1.807, 2.05) is 12.1 Å². The minimum Gasteiger partial charge on any atom is -0.481 e. The Morgan fingerprint density at radius 3 is 1.59 bits per heavy atom. The van der Waals surface area contributed by atoms with Crippen LogP contribution in [0.5, 0.6) is 5.75 Å². The molecule has 0 amide bonds. The van der Waals surface area contributed by atoms with Gasteiger partial charge in [0.05, 0.1) is 5.41 Å². The lowest BCUT2D eigenvalue weighted by Gasteiger charge is -2.35. The van der Waals surface area contributed by atoms with Gasteiger partial charge in [-0.15, -0.1) is 12.8 Å². The molecule has 0 heterocycles.